The first kappa shape index (κ1) is 9.97. The molecule has 1 heterocycles. The molecule has 0 aromatic heterocycles. The van der Waals surface area contributed by atoms with Gasteiger partial charge in [-0.05, 0) is 19.8 Å². The molecular formula is C11H21N3. The molecule has 0 aromatic rings. The Kier molecular flexibility index (Phi) is 3.06. The standard InChI is InChI=1S/C11H21N3/c1-9(12)8-14-7-6-13-11(14)10-4-2-3-5-10/h9-10H,2-8,12H2,1H3. The van der Waals surface area contributed by atoms with Gasteiger partial charge >= 0.3 is 0 Å². The van der Waals surface area contributed by atoms with Crippen LogP contribution in [0.5, 0.6) is 0 Å². The average molecular weight is 195 g/mol. The predicted molar refractivity (Wildman–Crippen MR) is 59.5 cm³/mol. The summed E-state index contributed by atoms with van der Waals surface area (Å²) in [5, 5.41) is 0. The Morgan fingerprint density at radius 2 is 2.21 bits per heavy atom. The van der Waals surface area contributed by atoms with E-state index in [-0.39, 0.29) is 6.04 Å². The molecule has 2 aliphatic rings. The second kappa shape index (κ2) is 4.30. The van der Waals surface area contributed by atoms with E-state index in [0.717, 1.165) is 25.6 Å². The Bertz CT molecular complexity index is 217. The number of rotatable bonds is 3. The monoisotopic (exact) mass is 195 g/mol. The molecule has 1 aliphatic heterocycles. The first-order valence-electron chi connectivity index (χ1n) is 5.82. The topological polar surface area (TPSA) is 41.6 Å². The maximum Gasteiger partial charge on any atom is 0.102 e. The van der Waals surface area contributed by atoms with Crippen molar-refractivity contribution >= 4 is 5.84 Å². The van der Waals surface area contributed by atoms with Crippen molar-refractivity contribution in [2.24, 2.45) is 16.6 Å². The molecule has 0 spiro atoms. The van der Waals surface area contributed by atoms with E-state index in [4.69, 9.17) is 5.73 Å². The van der Waals surface area contributed by atoms with Gasteiger partial charge in [-0.25, -0.2) is 0 Å². The number of hydrogen-bond acceptors (Lipinski definition) is 3. The molecule has 1 saturated carbocycles. The molecule has 3 heteroatoms. The van der Waals surface area contributed by atoms with Gasteiger partial charge in [0.05, 0.1) is 6.54 Å². The molecule has 2 rings (SSSR count). The molecule has 3 nitrogen and oxygen atoms in total. The molecule has 0 aromatic carbocycles. The van der Waals surface area contributed by atoms with Crippen LogP contribution in [0.3, 0.4) is 0 Å². The van der Waals surface area contributed by atoms with E-state index < -0.39 is 0 Å². The van der Waals surface area contributed by atoms with E-state index in [2.05, 4.69) is 16.8 Å². The second-order valence-corrected chi connectivity index (χ2v) is 4.64. The minimum Gasteiger partial charge on any atom is -0.357 e. The highest BCUT2D eigenvalue weighted by Gasteiger charge is 2.27. The molecule has 14 heavy (non-hydrogen) atoms. The fourth-order valence-corrected chi connectivity index (χ4v) is 2.60. The lowest BCUT2D eigenvalue weighted by atomic mass is 10.1. The number of nitrogens with two attached hydrogens (primary N) is 1. The van der Waals surface area contributed by atoms with Gasteiger partial charge < -0.3 is 10.6 Å². The van der Waals surface area contributed by atoms with Crippen molar-refractivity contribution in [2.75, 3.05) is 19.6 Å². The van der Waals surface area contributed by atoms with Crippen molar-refractivity contribution in [1.82, 2.24) is 4.90 Å². The lowest BCUT2D eigenvalue weighted by Gasteiger charge is -2.25. The number of nitrogens with zero attached hydrogens (tertiary/aromatic N) is 2. The zero-order valence-electron chi connectivity index (χ0n) is 9.08. The van der Waals surface area contributed by atoms with Gasteiger partial charge in [-0.2, -0.15) is 0 Å². The smallest absolute Gasteiger partial charge is 0.102 e. The van der Waals surface area contributed by atoms with E-state index in [0.29, 0.717) is 0 Å². The van der Waals surface area contributed by atoms with E-state index in [1.165, 1.54) is 31.5 Å². The molecule has 80 valence electrons. The first-order valence-corrected chi connectivity index (χ1v) is 5.82. The van der Waals surface area contributed by atoms with Gasteiger partial charge in [0.25, 0.3) is 0 Å². The summed E-state index contributed by atoms with van der Waals surface area (Å²) >= 11 is 0. The molecule has 2 N–H and O–H groups in total. The van der Waals surface area contributed by atoms with Crippen LogP contribution >= 0.6 is 0 Å². The fraction of sp³-hybridized carbons (Fsp3) is 0.909. The van der Waals surface area contributed by atoms with Crippen LogP contribution in [-0.4, -0.2) is 36.4 Å². The van der Waals surface area contributed by atoms with Gasteiger partial charge in [-0.3, -0.25) is 4.99 Å². The van der Waals surface area contributed by atoms with Gasteiger partial charge in [-0.1, -0.05) is 12.8 Å². The van der Waals surface area contributed by atoms with Crippen LogP contribution in [-0.2, 0) is 0 Å². The Balaban J connectivity index is 1.95. The van der Waals surface area contributed by atoms with Crippen LogP contribution in [0.4, 0.5) is 0 Å². The molecule has 1 aliphatic carbocycles. The minimum atomic E-state index is 0.264. The highest BCUT2D eigenvalue weighted by atomic mass is 15.2. The molecule has 1 unspecified atom stereocenters. The van der Waals surface area contributed by atoms with E-state index >= 15 is 0 Å². The van der Waals surface area contributed by atoms with Gasteiger partial charge in [0.1, 0.15) is 5.84 Å². The molecule has 1 fully saturated rings. The third-order valence-corrected chi connectivity index (χ3v) is 3.20. The van der Waals surface area contributed by atoms with Crippen LogP contribution in [0.15, 0.2) is 4.99 Å². The first-order chi connectivity index (χ1) is 6.77. The molecule has 0 saturated heterocycles. The van der Waals surface area contributed by atoms with Crippen molar-refractivity contribution in [3.05, 3.63) is 0 Å². The van der Waals surface area contributed by atoms with E-state index in [1.54, 1.807) is 0 Å². The summed E-state index contributed by atoms with van der Waals surface area (Å²) in [5.41, 5.74) is 5.84. The third kappa shape index (κ3) is 2.08. The number of aliphatic imine (C=N–C) groups is 1. The summed E-state index contributed by atoms with van der Waals surface area (Å²) in [4.78, 5) is 7.04. The number of hydrogen-bond donors (Lipinski definition) is 1. The Labute approximate surface area is 86.4 Å². The maximum atomic E-state index is 5.84. The zero-order chi connectivity index (χ0) is 9.97. The van der Waals surface area contributed by atoms with E-state index in [9.17, 15) is 0 Å². The van der Waals surface area contributed by atoms with Gasteiger partial charge in [0.2, 0.25) is 0 Å². The molecule has 0 amide bonds. The maximum absolute atomic E-state index is 5.84. The summed E-state index contributed by atoms with van der Waals surface area (Å²) in [6.45, 7) is 5.13. The largest absolute Gasteiger partial charge is 0.357 e. The van der Waals surface area contributed by atoms with Crippen molar-refractivity contribution < 1.29 is 0 Å². The normalized spacial score (nSPS) is 25.6. The summed E-state index contributed by atoms with van der Waals surface area (Å²) in [6, 6.07) is 0.264. The average Bonchev–Trinajstić information content (AvgIpc) is 2.70. The van der Waals surface area contributed by atoms with Crippen molar-refractivity contribution in [3.8, 4) is 0 Å². The van der Waals surface area contributed by atoms with Gasteiger partial charge in [0.15, 0.2) is 0 Å². The van der Waals surface area contributed by atoms with Crippen molar-refractivity contribution in [2.45, 2.75) is 38.6 Å². The fourth-order valence-electron chi connectivity index (χ4n) is 2.60. The lowest BCUT2D eigenvalue weighted by molar-refractivity contribution is 0.404. The molecular weight excluding hydrogens is 174 g/mol. The molecule has 1 atom stereocenters. The van der Waals surface area contributed by atoms with Crippen LogP contribution in [0.1, 0.15) is 32.6 Å². The van der Waals surface area contributed by atoms with Crippen molar-refractivity contribution in [3.63, 3.8) is 0 Å². The highest BCUT2D eigenvalue weighted by Crippen LogP contribution is 2.28. The SMILES string of the molecule is CC(N)CN1CCN=C1C1CCCC1. The number of amidine groups is 1. The minimum absolute atomic E-state index is 0.264. The Morgan fingerprint density at radius 1 is 1.50 bits per heavy atom. The Morgan fingerprint density at radius 3 is 2.86 bits per heavy atom. The quantitative estimate of drug-likeness (QED) is 0.736. The van der Waals surface area contributed by atoms with Crippen LogP contribution < -0.4 is 5.73 Å². The predicted octanol–water partition coefficient (Wildman–Crippen LogP) is 1.24. The summed E-state index contributed by atoms with van der Waals surface area (Å²) in [6.07, 6.45) is 5.45. The highest BCUT2D eigenvalue weighted by molar-refractivity contribution is 5.86. The van der Waals surface area contributed by atoms with Crippen LogP contribution in [0.25, 0.3) is 0 Å². The van der Waals surface area contributed by atoms with Gasteiger partial charge in [-0.15, -0.1) is 0 Å². The van der Waals surface area contributed by atoms with Gasteiger partial charge in [0, 0.05) is 25.0 Å². The van der Waals surface area contributed by atoms with Crippen LogP contribution in [0, 0.1) is 5.92 Å². The van der Waals surface area contributed by atoms with Crippen molar-refractivity contribution in [1.29, 1.82) is 0 Å². The summed E-state index contributed by atoms with van der Waals surface area (Å²) < 4.78 is 0. The summed E-state index contributed by atoms with van der Waals surface area (Å²) in [7, 11) is 0. The Hall–Kier alpha value is -0.570. The zero-order valence-corrected chi connectivity index (χ0v) is 9.08. The lowest BCUT2D eigenvalue weighted by Crippen LogP contribution is -2.40. The molecule has 0 bridgehead atoms. The van der Waals surface area contributed by atoms with E-state index in [1.807, 2.05) is 0 Å². The van der Waals surface area contributed by atoms with Crippen LogP contribution in [0.2, 0.25) is 0 Å². The molecule has 0 radical (unpaired) electrons. The third-order valence-electron chi connectivity index (χ3n) is 3.20. The summed E-state index contributed by atoms with van der Waals surface area (Å²) in [5.74, 6) is 2.11. The second-order valence-electron chi connectivity index (χ2n) is 4.64.